The number of halogens is 1. The molecule has 2 aromatic heterocycles. The van der Waals surface area contributed by atoms with Crippen LogP contribution in [0.15, 0.2) is 9.59 Å². The topological polar surface area (TPSA) is 82.3 Å². The summed E-state index contributed by atoms with van der Waals surface area (Å²) < 4.78 is 21.0. The molecule has 0 aromatic carbocycles. The minimum atomic E-state index is -0.552. The lowest BCUT2D eigenvalue weighted by molar-refractivity contribution is -0.153. The minimum absolute atomic E-state index is 0.0451. The van der Waals surface area contributed by atoms with Gasteiger partial charge in [-0.25, -0.2) is 4.79 Å². The molecule has 1 N–H and O–H groups in total. The van der Waals surface area contributed by atoms with Crippen LogP contribution >= 0.6 is 11.3 Å². The predicted molar refractivity (Wildman–Crippen MR) is 116 cm³/mol. The molecule has 0 saturated heterocycles. The third-order valence-corrected chi connectivity index (χ3v) is 6.55. The molecule has 3 rings (SSSR count). The second-order valence-electron chi connectivity index (χ2n) is 8.95. The van der Waals surface area contributed by atoms with Gasteiger partial charge in [-0.2, -0.15) is 0 Å². The fraction of sp³-hybridized carbons (Fsp3) is 0.667. The Morgan fingerprint density at radius 2 is 2.00 bits per heavy atom. The number of carbonyl (C=O) groups is 1. The number of fused-ring (bicyclic) bond motifs is 1. The molecule has 2 atom stereocenters. The van der Waals surface area contributed by atoms with Gasteiger partial charge in [0.2, 0.25) is 0 Å². The van der Waals surface area contributed by atoms with Crippen molar-refractivity contribution in [3.05, 3.63) is 31.3 Å². The van der Waals surface area contributed by atoms with Crippen molar-refractivity contribution in [3.8, 4) is 0 Å². The molecule has 0 spiro atoms. The van der Waals surface area contributed by atoms with Crippen molar-refractivity contribution < 1.29 is 13.9 Å². The van der Waals surface area contributed by atoms with Gasteiger partial charge in [0.25, 0.3) is 5.56 Å². The molecule has 1 aliphatic rings. The summed E-state index contributed by atoms with van der Waals surface area (Å²) in [5.74, 6) is -0.0671. The Hall–Kier alpha value is -2.00. The number of hydrogen-bond acceptors (Lipinski definition) is 6. The summed E-state index contributed by atoms with van der Waals surface area (Å²) in [6, 6.07) is -0.0842. The van der Waals surface area contributed by atoms with Gasteiger partial charge < -0.3 is 10.1 Å². The number of aryl methyl sites for hydroxylation is 2. The van der Waals surface area contributed by atoms with E-state index in [0.717, 1.165) is 16.9 Å². The molecule has 30 heavy (non-hydrogen) atoms. The summed E-state index contributed by atoms with van der Waals surface area (Å²) in [6.07, 6.45) is 1.02. The first-order chi connectivity index (χ1) is 14.0. The largest absolute Gasteiger partial charge is 0.459 e. The summed E-state index contributed by atoms with van der Waals surface area (Å²) in [7, 11) is 0. The predicted octanol–water partition coefficient (Wildman–Crippen LogP) is 2.90. The van der Waals surface area contributed by atoms with Crippen LogP contribution < -0.4 is 16.6 Å². The number of carbonyl (C=O) groups excluding carboxylic acids is 1. The summed E-state index contributed by atoms with van der Waals surface area (Å²) in [6.45, 7) is 9.43. The average molecular weight is 440 g/mol. The summed E-state index contributed by atoms with van der Waals surface area (Å²) >= 11 is 1.35. The van der Waals surface area contributed by atoms with Crippen molar-refractivity contribution in [1.82, 2.24) is 14.5 Å². The first kappa shape index (κ1) is 22.7. The van der Waals surface area contributed by atoms with Crippen LogP contribution in [0.25, 0.3) is 10.2 Å². The fourth-order valence-electron chi connectivity index (χ4n) is 3.60. The second-order valence-corrected chi connectivity index (χ2v) is 10.0. The molecular formula is C21H30FN3O4S. The van der Waals surface area contributed by atoms with E-state index in [-0.39, 0.29) is 48.7 Å². The van der Waals surface area contributed by atoms with Gasteiger partial charge >= 0.3 is 11.7 Å². The SMILES string of the molecule is Cc1c(CNCC(=O)OC(C)(C)C)sc2c1c(=O)n([C@H]1C[C@@H]1C)c(=O)n2CCCF. The van der Waals surface area contributed by atoms with Gasteiger partial charge in [-0.3, -0.25) is 23.1 Å². The highest BCUT2D eigenvalue weighted by Gasteiger charge is 2.38. The molecule has 166 valence electrons. The van der Waals surface area contributed by atoms with E-state index >= 15 is 0 Å². The van der Waals surface area contributed by atoms with Gasteiger partial charge in [-0.05, 0) is 52.0 Å². The van der Waals surface area contributed by atoms with Gasteiger partial charge in [0, 0.05) is 24.0 Å². The molecule has 2 heterocycles. The third-order valence-electron chi connectivity index (χ3n) is 5.23. The van der Waals surface area contributed by atoms with E-state index in [1.54, 1.807) is 0 Å². The molecule has 1 aliphatic carbocycles. The number of nitrogens with zero attached hydrogens (tertiary/aromatic N) is 2. The number of alkyl halides is 1. The van der Waals surface area contributed by atoms with Crippen molar-refractivity contribution in [2.45, 2.75) is 72.2 Å². The van der Waals surface area contributed by atoms with Crippen LogP contribution in [0.3, 0.4) is 0 Å². The quantitative estimate of drug-likeness (QED) is 0.640. The van der Waals surface area contributed by atoms with Crippen LogP contribution in [0.5, 0.6) is 0 Å². The lowest BCUT2D eigenvalue weighted by Gasteiger charge is -2.19. The normalized spacial score (nSPS) is 18.7. The Labute approximate surface area is 178 Å². The maximum Gasteiger partial charge on any atom is 0.332 e. The molecule has 9 heteroatoms. The highest BCUT2D eigenvalue weighted by molar-refractivity contribution is 7.18. The summed E-state index contributed by atoms with van der Waals surface area (Å²) in [4.78, 5) is 39.6. The van der Waals surface area contributed by atoms with Gasteiger partial charge in [0.15, 0.2) is 0 Å². The smallest absolute Gasteiger partial charge is 0.332 e. The maximum absolute atomic E-state index is 13.2. The van der Waals surface area contributed by atoms with Gasteiger partial charge in [-0.15, -0.1) is 11.3 Å². The molecule has 1 saturated carbocycles. The zero-order valence-electron chi connectivity index (χ0n) is 18.2. The molecule has 0 amide bonds. The van der Waals surface area contributed by atoms with Gasteiger partial charge in [0.1, 0.15) is 10.4 Å². The molecule has 1 fully saturated rings. The lowest BCUT2D eigenvalue weighted by atomic mass is 10.2. The number of esters is 1. The molecule has 0 radical (unpaired) electrons. The first-order valence-corrected chi connectivity index (χ1v) is 11.1. The molecule has 0 unspecified atom stereocenters. The lowest BCUT2D eigenvalue weighted by Crippen LogP contribution is -2.39. The van der Waals surface area contributed by atoms with E-state index in [1.165, 1.54) is 20.5 Å². The number of aromatic nitrogens is 2. The number of thiophene rings is 1. The van der Waals surface area contributed by atoms with Gasteiger partial charge in [0.05, 0.1) is 18.6 Å². The first-order valence-electron chi connectivity index (χ1n) is 10.3. The monoisotopic (exact) mass is 439 g/mol. The molecule has 2 aromatic rings. The number of nitrogens with one attached hydrogen (secondary N) is 1. The van der Waals surface area contributed by atoms with Crippen molar-refractivity contribution in [2.24, 2.45) is 5.92 Å². The maximum atomic E-state index is 13.2. The zero-order chi connectivity index (χ0) is 22.2. The third kappa shape index (κ3) is 4.67. The fourth-order valence-corrected chi connectivity index (χ4v) is 4.89. The molecule has 0 bridgehead atoms. The van der Waals surface area contributed by atoms with Crippen molar-refractivity contribution >= 4 is 27.5 Å². The second kappa shape index (κ2) is 8.63. The minimum Gasteiger partial charge on any atom is -0.459 e. The van der Waals surface area contributed by atoms with E-state index < -0.39 is 12.3 Å². The highest BCUT2D eigenvalue weighted by Crippen LogP contribution is 2.41. The number of hydrogen-bond donors (Lipinski definition) is 1. The van der Waals surface area contributed by atoms with Crippen LogP contribution in [0, 0.1) is 12.8 Å². The summed E-state index contributed by atoms with van der Waals surface area (Å²) in [5.41, 5.74) is -0.380. The Balaban J connectivity index is 1.93. The van der Waals surface area contributed by atoms with Crippen LogP contribution in [0.2, 0.25) is 0 Å². The zero-order valence-corrected chi connectivity index (χ0v) is 19.0. The van der Waals surface area contributed by atoms with Crippen LogP contribution in [0.1, 0.15) is 57.0 Å². The van der Waals surface area contributed by atoms with E-state index in [4.69, 9.17) is 4.74 Å². The Morgan fingerprint density at radius 1 is 1.33 bits per heavy atom. The molecule has 7 nitrogen and oxygen atoms in total. The molecule has 0 aliphatic heterocycles. The standard InChI is InChI=1S/C21H30FN3O4S/c1-12-9-14(12)25-18(27)17-13(2)15(10-23-11-16(26)29-21(3,4)5)30-19(17)24(20(25)28)8-6-7-22/h12,14,23H,6-11H2,1-5H3/t12-,14-/m0/s1. The van der Waals surface area contributed by atoms with Crippen molar-refractivity contribution in [1.29, 1.82) is 0 Å². The number of ether oxygens (including phenoxy) is 1. The van der Waals surface area contributed by atoms with E-state index in [1.807, 2.05) is 34.6 Å². The van der Waals surface area contributed by atoms with Crippen LogP contribution in [-0.2, 0) is 22.6 Å². The van der Waals surface area contributed by atoms with E-state index in [0.29, 0.717) is 16.8 Å². The highest BCUT2D eigenvalue weighted by atomic mass is 32.1. The molecular weight excluding hydrogens is 409 g/mol. The summed E-state index contributed by atoms with van der Waals surface area (Å²) in [5, 5.41) is 3.58. The van der Waals surface area contributed by atoms with Gasteiger partial charge in [-0.1, -0.05) is 6.92 Å². The Kier molecular flexibility index (Phi) is 6.52. The Bertz CT molecular complexity index is 1060. The van der Waals surface area contributed by atoms with Crippen molar-refractivity contribution in [2.75, 3.05) is 13.2 Å². The average Bonchev–Trinajstić information content (AvgIpc) is 3.24. The van der Waals surface area contributed by atoms with Crippen molar-refractivity contribution in [3.63, 3.8) is 0 Å². The van der Waals surface area contributed by atoms with E-state index in [9.17, 15) is 18.8 Å². The van der Waals surface area contributed by atoms with Crippen LogP contribution in [-0.4, -0.2) is 33.9 Å². The Morgan fingerprint density at radius 3 is 2.57 bits per heavy atom. The number of rotatable bonds is 8. The van der Waals surface area contributed by atoms with E-state index in [2.05, 4.69) is 5.32 Å². The van der Waals surface area contributed by atoms with Crippen LogP contribution in [0.4, 0.5) is 4.39 Å².